The van der Waals surface area contributed by atoms with Crippen LogP contribution in [0.5, 0.6) is 0 Å². The van der Waals surface area contributed by atoms with Crippen LogP contribution in [0.1, 0.15) is 74.3 Å². The molecule has 5 rings (SSSR count). The van der Waals surface area contributed by atoms with Crippen LogP contribution in [0.15, 0.2) is 36.2 Å². The molecule has 3 heterocycles. The normalized spacial score (nSPS) is 17.9. The van der Waals surface area contributed by atoms with Gasteiger partial charge in [-0.1, -0.05) is 42.8 Å². The molecule has 178 valence electrons. The van der Waals surface area contributed by atoms with E-state index in [-0.39, 0.29) is 11.0 Å². The van der Waals surface area contributed by atoms with Crippen LogP contribution in [-0.4, -0.2) is 33.0 Å². The summed E-state index contributed by atoms with van der Waals surface area (Å²) >= 11 is 0. The summed E-state index contributed by atoms with van der Waals surface area (Å²) in [6.45, 7) is 8.24. The number of aryl methyl sites for hydroxylation is 2. The molecule has 0 unspecified atom stereocenters. The van der Waals surface area contributed by atoms with E-state index in [4.69, 9.17) is 4.98 Å². The van der Waals surface area contributed by atoms with Gasteiger partial charge in [0.2, 0.25) is 0 Å². The zero-order valence-electron chi connectivity index (χ0n) is 20.0. The second kappa shape index (κ2) is 8.93. The van der Waals surface area contributed by atoms with Gasteiger partial charge >= 0.3 is 0 Å². The molecule has 0 atom stereocenters. The second-order valence-electron chi connectivity index (χ2n) is 9.93. The van der Waals surface area contributed by atoms with Crippen molar-refractivity contribution in [3.05, 3.63) is 64.5 Å². The maximum absolute atomic E-state index is 12.9. The van der Waals surface area contributed by atoms with Gasteiger partial charge in [-0.2, -0.15) is 0 Å². The first kappa shape index (κ1) is 22.7. The molecule has 1 aliphatic carbocycles. The predicted octanol–water partition coefficient (Wildman–Crippen LogP) is 6.41. The highest BCUT2D eigenvalue weighted by molar-refractivity contribution is 5.68. The van der Waals surface area contributed by atoms with E-state index in [9.17, 15) is 8.78 Å². The Morgan fingerprint density at radius 3 is 2.47 bits per heavy atom. The Bertz CT molecular complexity index is 1200. The van der Waals surface area contributed by atoms with Crippen LogP contribution in [-0.2, 0) is 11.8 Å². The molecule has 7 heteroatoms. The monoisotopic (exact) mass is 463 g/mol. The van der Waals surface area contributed by atoms with Crippen LogP contribution < -0.4 is 4.90 Å². The molecule has 2 aliphatic rings. The summed E-state index contributed by atoms with van der Waals surface area (Å²) in [5.41, 5.74) is 6.32. The minimum absolute atomic E-state index is 0.0316. The highest BCUT2D eigenvalue weighted by Gasteiger charge is 2.36. The van der Waals surface area contributed by atoms with E-state index in [1.807, 2.05) is 6.92 Å². The van der Waals surface area contributed by atoms with E-state index in [2.05, 4.69) is 39.8 Å². The van der Waals surface area contributed by atoms with Crippen molar-refractivity contribution in [1.29, 1.82) is 0 Å². The number of imidazole rings is 1. The number of rotatable bonds is 4. The molecule has 1 N–H and O–H groups in total. The van der Waals surface area contributed by atoms with Crippen LogP contribution in [0, 0.1) is 6.92 Å². The van der Waals surface area contributed by atoms with E-state index in [1.165, 1.54) is 23.3 Å². The average molecular weight is 464 g/mol. The highest BCUT2D eigenvalue weighted by Crippen LogP contribution is 2.38. The van der Waals surface area contributed by atoms with Gasteiger partial charge in [0.1, 0.15) is 18.0 Å². The number of alkyl halides is 2. The van der Waals surface area contributed by atoms with Crippen LogP contribution in [0.4, 0.5) is 14.6 Å². The molecule has 0 saturated carbocycles. The largest absolute Gasteiger partial charge is 0.356 e. The molecular formula is C27H31F2N5. The lowest BCUT2D eigenvalue weighted by molar-refractivity contribution is 0.151. The lowest BCUT2D eigenvalue weighted by atomic mass is 9.79. The molecule has 0 radical (unpaired) electrons. The topological polar surface area (TPSA) is 57.7 Å². The second-order valence-corrected chi connectivity index (χ2v) is 9.93. The summed E-state index contributed by atoms with van der Waals surface area (Å²) in [5.74, 6) is 2.01. The molecule has 0 bridgehead atoms. The fourth-order valence-electron chi connectivity index (χ4n) is 5.14. The summed E-state index contributed by atoms with van der Waals surface area (Å²) in [4.78, 5) is 20.1. The molecule has 1 aliphatic heterocycles. The summed E-state index contributed by atoms with van der Waals surface area (Å²) in [6.07, 6.45) is 6.66. The number of fused-ring (bicyclic) bond motifs is 1. The number of halogens is 2. The Morgan fingerprint density at radius 1 is 1.03 bits per heavy atom. The van der Waals surface area contributed by atoms with E-state index >= 15 is 0 Å². The first-order chi connectivity index (χ1) is 16.3. The van der Waals surface area contributed by atoms with E-state index in [0.717, 1.165) is 79.5 Å². The van der Waals surface area contributed by atoms with Crippen molar-refractivity contribution in [3.63, 3.8) is 0 Å². The number of aromatic amines is 1. The number of piperidine rings is 1. The molecular weight excluding hydrogens is 432 g/mol. The average Bonchev–Trinajstić information content (AvgIpc) is 3.12. The summed E-state index contributed by atoms with van der Waals surface area (Å²) < 4.78 is 25.9. The molecule has 0 amide bonds. The number of hydrogen-bond acceptors (Lipinski definition) is 4. The number of nitrogens with zero attached hydrogens (tertiary/aromatic N) is 4. The van der Waals surface area contributed by atoms with Crippen molar-refractivity contribution in [2.24, 2.45) is 0 Å². The van der Waals surface area contributed by atoms with Gasteiger partial charge in [0.25, 0.3) is 6.43 Å². The molecule has 1 fully saturated rings. The Balaban J connectivity index is 1.36. The van der Waals surface area contributed by atoms with Crippen molar-refractivity contribution >= 4 is 11.9 Å². The third-order valence-electron chi connectivity index (χ3n) is 7.38. The molecule has 1 aromatic carbocycles. The highest BCUT2D eigenvalue weighted by atomic mass is 19.3. The van der Waals surface area contributed by atoms with Crippen molar-refractivity contribution in [1.82, 2.24) is 19.9 Å². The van der Waals surface area contributed by atoms with Crippen LogP contribution in [0.2, 0.25) is 0 Å². The molecule has 0 spiro atoms. The van der Waals surface area contributed by atoms with Gasteiger partial charge in [0.05, 0.1) is 11.4 Å². The lowest BCUT2D eigenvalue weighted by Crippen LogP contribution is -2.42. The van der Waals surface area contributed by atoms with Crippen LogP contribution >= 0.6 is 0 Å². The van der Waals surface area contributed by atoms with Crippen molar-refractivity contribution in [2.75, 3.05) is 18.0 Å². The lowest BCUT2D eigenvalue weighted by Gasteiger charge is -2.39. The van der Waals surface area contributed by atoms with Gasteiger partial charge in [-0.15, -0.1) is 0 Å². The number of aromatic nitrogens is 4. The Morgan fingerprint density at radius 2 is 1.76 bits per heavy atom. The third kappa shape index (κ3) is 4.24. The van der Waals surface area contributed by atoms with Gasteiger partial charge in [0, 0.05) is 40.9 Å². The van der Waals surface area contributed by atoms with Gasteiger partial charge in [0.15, 0.2) is 0 Å². The Hall–Kier alpha value is -3.09. The van der Waals surface area contributed by atoms with Crippen LogP contribution in [0.3, 0.4) is 0 Å². The molecule has 34 heavy (non-hydrogen) atoms. The smallest absolute Gasteiger partial charge is 0.263 e. The van der Waals surface area contributed by atoms with Crippen molar-refractivity contribution in [3.8, 4) is 11.3 Å². The fraction of sp³-hybridized carbons (Fsp3) is 0.444. The van der Waals surface area contributed by atoms with E-state index in [0.29, 0.717) is 0 Å². The third-order valence-corrected chi connectivity index (χ3v) is 7.38. The van der Waals surface area contributed by atoms with Crippen LogP contribution in [0.25, 0.3) is 17.3 Å². The van der Waals surface area contributed by atoms with E-state index < -0.39 is 6.43 Å². The number of H-pyrrole nitrogens is 1. The minimum Gasteiger partial charge on any atom is -0.356 e. The predicted molar refractivity (Wildman–Crippen MR) is 131 cm³/mol. The van der Waals surface area contributed by atoms with Gasteiger partial charge in [-0.05, 0) is 46.0 Å². The van der Waals surface area contributed by atoms with Gasteiger partial charge in [-0.25, -0.2) is 23.7 Å². The summed E-state index contributed by atoms with van der Waals surface area (Å²) in [6, 6.07) is 6.43. The van der Waals surface area contributed by atoms with Crippen molar-refractivity contribution < 1.29 is 8.78 Å². The van der Waals surface area contributed by atoms with Gasteiger partial charge in [-0.3, -0.25) is 0 Å². The Labute approximate surface area is 199 Å². The minimum atomic E-state index is -2.46. The molecule has 5 nitrogen and oxygen atoms in total. The summed E-state index contributed by atoms with van der Waals surface area (Å²) in [5, 5.41) is 0. The number of nitrogens with one attached hydrogen (secondary N) is 1. The number of hydrogen-bond donors (Lipinski definition) is 1. The molecule has 3 aromatic rings. The fourth-order valence-corrected chi connectivity index (χ4v) is 5.14. The maximum atomic E-state index is 12.9. The standard InChI is InChI=1S/C27H31F2N5/c1-17-5-4-6-22-21(15-17)25(31-16-30-22)34-13-11-27(3,12-14-34)26-32-18(2)23(33-26)19-7-9-20(10-8-19)24(28)29/h7-10,15-16,24H,4-6,11-14H2,1-3H3,(H,32,33). The summed E-state index contributed by atoms with van der Waals surface area (Å²) in [7, 11) is 0. The molecule has 2 aromatic heterocycles. The number of anilines is 1. The van der Waals surface area contributed by atoms with Gasteiger partial charge < -0.3 is 9.88 Å². The number of benzene rings is 1. The SMILES string of the molecule is CC1=Cc2c(ncnc2N2CCC(C)(c3nc(-c4ccc(C(F)F)cc4)c(C)[nH]3)CC2)CCC1. The first-order valence-corrected chi connectivity index (χ1v) is 12.1. The maximum Gasteiger partial charge on any atom is 0.263 e. The first-order valence-electron chi connectivity index (χ1n) is 12.1. The van der Waals surface area contributed by atoms with E-state index in [1.54, 1.807) is 18.5 Å². The quantitative estimate of drug-likeness (QED) is 0.486. The molecule has 1 saturated heterocycles. The number of allylic oxidation sites excluding steroid dienone is 1. The zero-order valence-corrected chi connectivity index (χ0v) is 20.0. The Kier molecular flexibility index (Phi) is 5.96. The zero-order chi connectivity index (χ0) is 23.9. The van der Waals surface area contributed by atoms with Crippen molar-refractivity contribution in [2.45, 2.75) is 64.7 Å².